The number of nitrogens with two attached hydrogens (primary N) is 2. The predicted molar refractivity (Wildman–Crippen MR) is 116 cm³/mol. The van der Waals surface area contributed by atoms with Gasteiger partial charge in [-0.2, -0.15) is 0 Å². The van der Waals surface area contributed by atoms with Crippen molar-refractivity contribution in [3.05, 3.63) is 0 Å². The number of hydrogen-bond donors (Lipinski definition) is 6. The lowest BCUT2D eigenvalue weighted by atomic mass is 10.1. The van der Waals surface area contributed by atoms with Gasteiger partial charge in [-0.25, -0.2) is 13.1 Å². The van der Waals surface area contributed by atoms with E-state index in [0.29, 0.717) is 25.9 Å². The van der Waals surface area contributed by atoms with E-state index in [4.69, 9.17) is 11.5 Å². The average Bonchev–Trinajstić information content (AvgIpc) is 2.68. The van der Waals surface area contributed by atoms with E-state index in [-0.39, 0.29) is 11.7 Å². The van der Waals surface area contributed by atoms with E-state index in [0.717, 1.165) is 64.8 Å². The van der Waals surface area contributed by atoms with Crippen LogP contribution in [-0.2, 0) is 14.8 Å². The molecule has 0 unspecified atom stereocenters. The van der Waals surface area contributed by atoms with Gasteiger partial charge in [0.05, 0.1) is 5.75 Å². The number of unbranched alkanes of at least 4 members (excludes halogenated alkanes) is 2. The van der Waals surface area contributed by atoms with Crippen LogP contribution in [0.25, 0.3) is 0 Å². The monoisotopic (exact) mass is 422 g/mol. The van der Waals surface area contributed by atoms with Crippen LogP contribution < -0.4 is 32.1 Å². The minimum absolute atomic E-state index is 0.0415. The summed E-state index contributed by atoms with van der Waals surface area (Å²) in [6, 6.07) is -0.726. The maximum Gasteiger partial charge on any atom is 0.238 e. The maximum atomic E-state index is 12.3. The zero-order valence-electron chi connectivity index (χ0n) is 17.5. The van der Waals surface area contributed by atoms with E-state index in [1.165, 1.54) is 0 Å². The minimum Gasteiger partial charge on any atom is -0.355 e. The molecular weight excluding hydrogens is 380 g/mol. The molecule has 0 heterocycles. The van der Waals surface area contributed by atoms with E-state index < -0.39 is 16.1 Å². The van der Waals surface area contributed by atoms with Crippen molar-refractivity contribution in [2.75, 3.05) is 51.6 Å². The Kier molecular flexibility index (Phi) is 17.8. The second kappa shape index (κ2) is 18.3. The molecule has 0 aromatic heterocycles. The molecule has 0 aromatic rings. The molecule has 10 heteroatoms. The summed E-state index contributed by atoms with van der Waals surface area (Å²) in [5.74, 6) is -0.308. The lowest BCUT2D eigenvalue weighted by Crippen LogP contribution is -2.47. The van der Waals surface area contributed by atoms with E-state index >= 15 is 0 Å². The van der Waals surface area contributed by atoms with Crippen molar-refractivity contribution < 1.29 is 13.2 Å². The van der Waals surface area contributed by atoms with Gasteiger partial charge in [0.1, 0.15) is 6.04 Å². The molecular formula is C18H42N6O3S. The molecule has 0 bridgehead atoms. The van der Waals surface area contributed by atoms with Gasteiger partial charge in [0.2, 0.25) is 15.9 Å². The highest BCUT2D eigenvalue weighted by atomic mass is 32.2. The van der Waals surface area contributed by atoms with Crippen molar-refractivity contribution in [1.29, 1.82) is 0 Å². The Morgan fingerprint density at radius 3 is 1.96 bits per heavy atom. The van der Waals surface area contributed by atoms with Crippen LogP contribution >= 0.6 is 0 Å². The zero-order valence-corrected chi connectivity index (χ0v) is 18.3. The van der Waals surface area contributed by atoms with E-state index in [2.05, 4.69) is 20.7 Å². The van der Waals surface area contributed by atoms with Crippen LogP contribution in [0.2, 0.25) is 0 Å². The van der Waals surface area contributed by atoms with Crippen molar-refractivity contribution in [2.45, 2.75) is 57.9 Å². The average molecular weight is 423 g/mol. The van der Waals surface area contributed by atoms with Gasteiger partial charge in [0.15, 0.2) is 0 Å². The second-order valence-electron chi connectivity index (χ2n) is 6.85. The highest BCUT2D eigenvalue weighted by Gasteiger charge is 2.22. The maximum absolute atomic E-state index is 12.3. The normalized spacial score (nSPS) is 12.8. The van der Waals surface area contributed by atoms with Gasteiger partial charge in [-0.05, 0) is 84.7 Å². The third kappa shape index (κ3) is 16.2. The second-order valence-corrected chi connectivity index (χ2v) is 8.89. The Labute approximate surface area is 171 Å². The first-order valence-corrected chi connectivity index (χ1v) is 12.2. The standard InChI is InChI=1S/C18H42N6O3S/c1-2-28(26,27)24-17(9-3-4-10-19)18(25)23-16-8-15-22-13-6-5-12-21-14-7-11-20/h17,21-22,24H,2-16,19-20H2,1H3,(H,23,25)/t17-/m1/s1. The third-order valence-corrected chi connectivity index (χ3v) is 5.71. The summed E-state index contributed by atoms with van der Waals surface area (Å²) in [5, 5.41) is 9.53. The quantitative estimate of drug-likeness (QED) is 0.141. The van der Waals surface area contributed by atoms with Crippen LogP contribution in [-0.4, -0.2) is 71.9 Å². The van der Waals surface area contributed by atoms with Crippen LogP contribution in [0, 0.1) is 0 Å². The Balaban J connectivity index is 3.86. The van der Waals surface area contributed by atoms with Gasteiger partial charge in [-0.1, -0.05) is 6.42 Å². The van der Waals surface area contributed by atoms with Crippen molar-refractivity contribution >= 4 is 15.9 Å². The molecule has 1 amide bonds. The molecule has 0 aliphatic heterocycles. The Morgan fingerprint density at radius 1 is 0.821 bits per heavy atom. The predicted octanol–water partition coefficient (Wildman–Crippen LogP) is -0.762. The minimum atomic E-state index is -3.42. The summed E-state index contributed by atoms with van der Waals surface area (Å²) in [6.45, 7) is 7.09. The number of amides is 1. The summed E-state index contributed by atoms with van der Waals surface area (Å²) < 4.78 is 26.1. The van der Waals surface area contributed by atoms with Gasteiger partial charge in [-0.15, -0.1) is 0 Å². The topological polar surface area (TPSA) is 151 Å². The van der Waals surface area contributed by atoms with Crippen molar-refractivity contribution in [3.63, 3.8) is 0 Å². The zero-order chi connectivity index (χ0) is 21.1. The van der Waals surface area contributed by atoms with Crippen LogP contribution in [0.4, 0.5) is 0 Å². The molecule has 28 heavy (non-hydrogen) atoms. The van der Waals surface area contributed by atoms with Gasteiger partial charge in [0, 0.05) is 6.54 Å². The molecule has 0 aliphatic carbocycles. The fourth-order valence-corrected chi connectivity index (χ4v) is 3.39. The van der Waals surface area contributed by atoms with E-state index in [9.17, 15) is 13.2 Å². The summed E-state index contributed by atoms with van der Waals surface area (Å²) in [4.78, 5) is 12.3. The first-order valence-electron chi connectivity index (χ1n) is 10.6. The number of nitrogens with one attached hydrogen (secondary N) is 4. The summed E-state index contributed by atoms with van der Waals surface area (Å²) in [5.41, 5.74) is 10.9. The molecule has 0 radical (unpaired) electrons. The lowest BCUT2D eigenvalue weighted by molar-refractivity contribution is -0.122. The molecule has 0 aromatic carbocycles. The molecule has 0 saturated heterocycles. The molecule has 0 fully saturated rings. The first kappa shape index (κ1) is 27.2. The Hall–Kier alpha value is -0.780. The SMILES string of the molecule is CCS(=O)(=O)N[C@H](CCCCN)C(=O)NCCCNCCCCNCCCN. The number of sulfonamides is 1. The van der Waals surface area contributed by atoms with Gasteiger partial charge in [-0.3, -0.25) is 4.79 Å². The van der Waals surface area contributed by atoms with Crippen molar-refractivity contribution in [2.24, 2.45) is 11.5 Å². The Bertz CT molecular complexity index is 476. The largest absolute Gasteiger partial charge is 0.355 e. The first-order chi connectivity index (χ1) is 13.5. The Morgan fingerprint density at radius 2 is 1.39 bits per heavy atom. The number of carbonyl (C=O) groups excluding carboxylic acids is 1. The number of rotatable bonds is 20. The molecule has 8 N–H and O–H groups in total. The molecule has 0 spiro atoms. The smallest absolute Gasteiger partial charge is 0.238 e. The van der Waals surface area contributed by atoms with Crippen molar-refractivity contribution in [3.8, 4) is 0 Å². The lowest BCUT2D eigenvalue weighted by Gasteiger charge is -2.18. The fourth-order valence-electron chi connectivity index (χ4n) is 2.56. The highest BCUT2D eigenvalue weighted by Crippen LogP contribution is 2.03. The molecule has 9 nitrogen and oxygen atoms in total. The van der Waals surface area contributed by atoms with Gasteiger partial charge < -0.3 is 27.4 Å². The third-order valence-electron chi connectivity index (χ3n) is 4.31. The molecule has 0 rings (SSSR count). The van der Waals surface area contributed by atoms with Crippen molar-refractivity contribution in [1.82, 2.24) is 20.7 Å². The molecule has 1 atom stereocenters. The van der Waals surface area contributed by atoms with Crippen LogP contribution in [0.3, 0.4) is 0 Å². The highest BCUT2D eigenvalue weighted by molar-refractivity contribution is 7.89. The van der Waals surface area contributed by atoms with Gasteiger partial charge in [0.25, 0.3) is 0 Å². The van der Waals surface area contributed by atoms with E-state index in [1.54, 1.807) is 6.92 Å². The van der Waals surface area contributed by atoms with Crippen LogP contribution in [0.15, 0.2) is 0 Å². The molecule has 0 aliphatic rings. The number of hydrogen-bond acceptors (Lipinski definition) is 7. The summed E-state index contributed by atoms with van der Waals surface area (Å²) in [6.07, 6.45) is 5.97. The van der Waals surface area contributed by atoms with Crippen LogP contribution in [0.5, 0.6) is 0 Å². The molecule has 168 valence electrons. The van der Waals surface area contributed by atoms with Crippen LogP contribution in [0.1, 0.15) is 51.9 Å². The number of carbonyl (C=O) groups is 1. The van der Waals surface area contributed by atoms with Gasteiger partial charge >= 0.3 is 0 Å². The van der Waals surface area contributed by atoms with E-state index in [1.807, 2.05) is 0 Å². The molecule has 0 saturated carbocycles. The fraction of sp³-hybridized carbons (Fsp3) is 0.944. The summed E-state index contributed by atoms with van der Waals surface area (Å²) >= 11 is 0. The summed E-state index contributed by atoms with van der Waals surface area (Å²) in [7, 11) is -3.42.